The zero-order valence-corrected chi connectivity index (χ0v) is 34.9. The van der Waals surface area contributed by atoms with Gasteiger partial charge in [-0.3, -0.25) is 0 Å². The topological polar surface area (TPSA) is 38.6 Å². The normalized spacial score (nSPS) is 13.3. The summed E-state index contributed by atoms with van der Waals surface area (Å²) in [6.07, 6.45) is 4.22. The van der Waals surface area contributed by atoms with Gasteiger partial charge in [-0.25, -0.2) is 0 Å². The first-order chi connectivity index (χ1) is 28.5. The van der Waals surface area contributed by atoms with Crippen LogP contribution in [-0.4, -0.2) is 13.7 Å². The van der Waals surface area contributed by atoms with Gasteiger partial charge in [-0.15, -0.1) is 0 Å². The molecule has 7 aromatic carbocycles. The Morgan fingerprint density at radius 1 is 0.542 bits per heavy atom. The molecule has 10 rings (SSSR count). The second-order valence-corrected chi connectivity index (χ2v) is 18.1. The monoisotopic (exact) mass is 764 g/mol. The molecule has 0 N–H and O–H groups in total. The minimum atomic E-state index is 0.00322. The van der Waals surface area contributed by atoms with Crippen molar-refractivity contribution in [2.75, 3.05) is 0 Å². The number of para-hydroxylation sites is 2. The SMILES string of the molecule is C/C=C(\C(C#N)=C/Cn1c2ccc(-n3c4ccccc4c4ccccc43)cc2c2c3ccccc3ccc21)n1c2ccc(C(C)(C)C)cc2c2cc(C(C)(C)C)ccc21. The summed E-state index contributed by atoms with van der Waals surface area (Å²) < 4.78 is 7.08. The summed E-state index contributed by atoms with van der Waals surface area (Å²) in [5.74, 6) is 0. The molecule has 4 heteroatoms. The highest BCUT2D eigenvalue weighted by atomic mass is 15.0. The van der Waals surface area contributed by atoms with E-state index in [1.54, 1.807) is 0 Å². The van der Waals surface area contributed by atoms with Crippen LogP contribution in [0.15, 0.2) is 157 Å². The van der Waals surface area contributed by atoms with Crippen LogP contribution in [-0.2, 0) is 17.4 Å². The van der Waals surface area contributed by atoms with E-state index < -0.39 is 0 Å². The number of nitriles is 1. The number of rotatable bonds is 5. The van der Waals surface area contributed by atoms with Crippen LogP contribution in [0.2, 0.25) is 0 Å². The van der Waals surface area contributed by atoms with Crippen LogP contribution in [0, 0.1) is 11.3 Å². The van der Waals surface area contributed by atoms with E-state index in [4.69, 9.17) is 0 Å². The van der Waals surface area contributed by atoms with Gasteiger partial charge in [0.1, 0.15) is 6.07 Å². The molecule has 0 bridgehead atoms. The predicted octanol–water partition coefficient (Wildman–Crippen LogP) is 14.8. The van der Waals surface area contributed by atoms with Gasteiger partial charge in [0.2, 0.25) is 0 Å². The van der Waals surface area contributed by atoms with Crippen LogP contribution < -0.4 is 0 Å². The minimum Gasteiger partial charge on any atom is -0.337 e. The zero-order chi connectivity index (χ0) is 40.8. The molecule has 0 saturated heterocycles. The first-order valence-electron chi connectivity index (χ1n) is 20.7. The van der Waals surface area contributed by atoms with E-state index in [0.29, 0.717) is 12.1 Å². The average molecular weight is 765 g/mol. The van der Waals surface area contributed by atoms with Gasteiger partial charge in [0, 0.05) is 50.1 Å². The fourth-order valence-electron chi connectivity index (χ4n) is 9.40. The Labute approximate surface area is 345 Å². The smallest absolute Gasteiger partial charge is 0.101 e. The van der Waals surface area contributed by atoms with Crippen LogP contribution in [0.3, 0.4) is 0 Å². The Balaban J connectivity index is 1.16. The second kappa shape index (κ2) is 13.4. The lowest BCUT2D eigenvalue weighted by Gasteiger charge is -2.19. The lowest BCUT2D eigenvalue weighted by molar-refractivity contribution is 0.590. The van der Waals surface area contributed by atoms with E-state index in [1.807, 2.05) is 6.92 Å². The van der Waals surface area contributed by atoms with Gasteiger partial charge in [-0.1, -0.05) is 126 Å². The van der Waals surface area contributed by atoms with Crippen molar-refractivity contribution in [1.82, 2.24) is 13.7 Å². The Bertz CT molecular complexity index is 3320. The highest BCUT2D eigenvalue weighted by Gasteiger charge is 2.23. The van der Waals surface area contributed by atoms with E-state index >= 15 is 0 Å². The maximum absolute atomic E-state index is 11.0. The third-order valence-corrected chi connectivity index (χ3v) is 12.5. The fourth-order valence-corrected chi connectivity index (χ4v) is 9.40. The van der Waals surface area contributed by atoms with Crippen molar-refractivity contribution in [3.8, 4) is 11.8 Å². The Hall–Kier alpha value is -6.83. The lowest BCUT2D eigenvalue weighted by atomic mass is 9.85. The number of aromatic nitrogens is 3. The first-order valence-corrected chi connectivity index (χ1v) is 20.7. The average Bonchev–Trinajstić information content (AvgIpc) is 3.86. The van der Waals surface area contributed by atoms with Crippen LogP contribution in [0.5, 0.6) is 0 Å². The molecule has 4 nitrogen and oxygen atoms in total. The highest BCUT2D eigenvalue weighted by Crippen LogP contribution is 2.41. The van der Waals surface area contributed by atoms with Crippen LogP contribution in [0.1, 0.15) is 59.6 Å². The molecule has 0 aliphatic rings. The van der Waals surface area contributed by atoms with E-state index in [-0.39, 0.29) is 10.8 Å². The molecular formula is C55H48N4. The number of nitrogens with zero attached hydrogens (tertiary/aromatic N) is 4. The highest BCUT2D eigenvalue weighted by molar-refractivity contribution is 6.21. The zero-order valence-electron chi connectivity index (χ0n) is 34.9. The van der Waals surface area contributed by atoms with Gasteiger partial charge >= 0.3 is 0 Å². The molecule has 288 valence electrons. The molecule has 0 saturated carbocycles. The number of hydrogen-bond acceptors (Lipinski definition) is 1. The van der Waals surface area contributed by atoms with E-state index in [2.05, 4.69) is 213 Å². The maximum atomic E-state index is 11.0. The van der Waals surface area contributed by atoms with E-state index in [9.17, 15) is 5.26 Å². The van der Waals surface area contributed by atoms with Crippen molar-refractivity contribution in [1.29, 1.82) is 5.26 Å². The molecule has 0 atom stereocenters. The summed E-state index contributed by atoms with van der Waals surface area (Å²) in [6, 6.07) is 53.8. The van der Waals surface area contributed by atoms with Gasteiger partial charge in [-0.05, 0) is 106 Å². The van der Waals surface area contributed by atoms with Crippen LogP contribution in [0.4, 0.5) is 0 Å². The van der Waals surface area contributed by atoms with Crippen molar-refractivity contribution < 1.29 is 0 Å². The quantitative estimate of drug-likeness (QED) is 0.127. The molecule has 3 heterocycles. The van der Waals surface area contributed by atoms with Gasteiger partial charge < -0.3 is 13.7 Å². The molecule has 0 radical (unpaired) electrons. The molecule has 0 amide bonds. The molecule has 0 spiro atoms. The third kappa shape index (κ3) is 5.71. The first kappa shape index (κ1) is 36.5. The molecule has 0 aliphatic carbocycles. The third-order valence-electron chi connectivity index (χ3n) is 12.5. The Morgan fingerprint density at radius 2 is 1.08 bits per heavy atom. The Morgan fingerprint density at radius 3 is 1.66 bits per heavy atom. The number of hydrogen-bond donors (Lipinski definition) is 0. The molecule has 0 unspecified atom stereocenters. The van der Waals surface area contributed by atoms with Gasteiger partial charge in [0.15, 0.2) is 0 Å². The molecule has 0 aliphatic heterocycles. The van der Waals surface area contributed by atoms with Crippen LogP contribution >= 0.6 is 0 Å². The number of fused-ring (bicyclic) bond motifs is 11. The summed E-state index contributed by atoms with van der Waals surface area (Å²) in [5.41, 5.74) is 12.1. The van der Waals surface area contributed by atoms with E-state index in [1.165, 1.54) is 65.3 Å². The van der Waals surface area contributed by atoms with Crippen molar-refractivity contribution in [2.45, 2.75) is 65.8 Å². The molecule has 3 aromatic heterocycles. The van der Waals surface area contributed by atoms with Crippen molar-refractivity contribution in [3.63, 3.8) is 0 Å². The molecule has 0 fully saturated rings. The second-order valence-electron chi connectivity index (χ2n) is 18.1. The van der Waals surface area contributed by atoms with Gasteiger partial charge in [-0.2, -0.15) is 5.26 Å². The standard InChI is InChI=1S/C55H48N4/c1-8-46(59-50-26-22-37(54(2,3)4)31-43(50)44-32-38(55(5,6)7)23-27-51(44)59)36(34-56)29-30-57-47-28-24-39(33-45(47)53-40-16-10-9-15-35(40)21-25-52(53)57)58-48-19-13-11-17-41(48)42-18-12-14-20-49(42)58/h8-29,31-33H,30H2,1-7H3/b36-29-,46-8+. The largest absolute Gasteiger partial charge is 0.337 e. The minimum absolute atomic E-state index is 0.00322. The summed E-state index contributed by atoms with van der Waals surface area (Å²) >= 11 is 0. The lowest BCUT2D eigenvalue weighted by Crippen LogP contribution is -2.10. The van der Waals surface area contributed by atoms with Crippen molar-refractivity contribution >= 4 is 81.9 Å². The van der Waals surface area contributed by atoms with Crippen molar-refractivity contribution in [2.24, 2.45) is 0 Å². The summed E-state index contributed by atoms with van der Waals surface area (Å²) in [6.45, 7) is 16.2. The van der Waals surface area contributed by atoms with Crippen LogP contribution in [0.25, 0.3) is 87.6 Å². The summed E-state index contributed by atoms with van der Waals surface area (Å²) in [4.78, 5) is 0. The van der Waals surface area contributed by atoms with E-state index in [0.717, 1.165) is 33.5 Å². The summed E-state index contributed by atoms with van der Waals surface area (Å²) in [5, 5.41) is 20.8. The fraction of sp³-hybridized carbons (Fsp3) is 0.182. The molecule has 59 heavy (non-hydrogen) atoms. The number of benzene rings is 7. The maximum Gasteiger partial charge on any atom is 0.101 e. The van der Waals surface area contributed by atoms with Gasteiger partial charge in [0.05, 0.1) is 38.9 Å². The summed E-state index contributed by atoms with van der Waals surface area (Å²) in [7, 11) is 0. The van der Waals surface area contributed by atoms with Crippen molar-refractivity contribution in [3.05, 3.63) is 168 Å². The molecular weight excluding hydrogens is 717 g/mol. The molecule has 10 aromatic rings. The number of allylic oxidation sites excluding steroid dienone is 4. The predicted molar refractivity (Wildman–Crippen MR) is 252 cm³/mol. The Kier molecular flexibility index (Phi) is 8.27. The van der Waals surface area contributed by atoms with Gasteiger partial charge in [0.25, 0.3) is 0 Å².